The zero-order chi connectivity index (χ0) is 23.8. The van der Waals surface area contributed by atoms with E-state index < -0.39 is 17.7 Å². The number of aliphatic hydroxyl groups is 1. The molecule has 1 atom stereocenters. The van der Waals surface area contributed by atoms with Gasteiger partial charge < -0.3 is 14.7 Å². The topological polar surface area (TPSA) is 83.0 Å². The molecule has 0 spiro atoms. The highest BCUT2D eigenvalue weighted by molar-refractivity contribution is 6.51. The summed E-state index contributed by atoms with van der Waals surface area (Å²) >= 11 is 0. The molecule has 1 aromatic heterocycles. The first-order valence-electron chi connectivity index (χ1n) is 11.2. The molecule has 0 aliphatic carbocycles. The van der Waals surface area contributed by atoms with Crippen LogP contribution in [-0.2, 0) is 16.0 Å². The normalized spacial score (nSPS) is 19.0. The smallest absolute Gasteiger partial charge is 0.300 e. The van der Waals surface area contributed by atoms with Gasteiger partial charge in [-0.25, -0.2) is 0 Å². The highest BCUT2D eigenvalue weighted by Gasteiger charge is 2.47. The summed E-state index contributed by atoms with van der Waals surface area (Å²) in [5.41, 5.74) is 3.50. The van der Waals surface area contributed by atoms with Crippen LogP contribution in [0.3, 0.4) is 0 Å². The van der Waals surface area contributed by atoms with Crippen molar-refractivity contribution in [2.75, 3.05) is 30.5 Å². The maximum absolute atomic E-state index is 13.3. The molecule has 172 valence electrons. The van der Waals surface area contributed by atoms with Crippen molar-refractivity contribution >= 4 is 28.8 Å². The molecule has 0 saturated carbocycles. The Morgan fingerprint density at radius 3 is 2.59 bits per heavy atom. The van der Waals surface area contributed by atoms with Crippen LogP contribution >= 0.6 is 0 Å². The number of aromatic nitrogens is 1. The molecule has 0 radical (unpaired) electrons. The third-order valence-electron chi connectivity index (χ3n) is 6.24. The van der Waals surface area contributed by atoms with Gasteiger partial charge in [0.15, 0.2) is 0 Å². The molecule has 7 heteroatoms. The lowest BCUT2D eigenvalue weighted by atomic mass is 9.96. The van der Waals surface area contributed by atoms with Gasteiger partial charge >= 0.3 is 0 Å². The van der Waals surface area contributed by atoms with Crippen LogP contribution in [0.15, 0.2) is 72.4 Å². The van der Waals surface area contributed by atoms with Crippen LogP contribution in [0.2, 0.25) is 0 Å². The van der Waals surface area contributed by atoms with Crippen LogP contribution < -0.4 is 14.5 Å². The molecule has 2 aromatic carbocycles. The molecule has 1 unspecified atom stereocenters. The fraction of sp³-hybridized carbons (Fsp3) is 0.222. The highest BCUT2D eigenvalue weighted by atomic mass is 16.5. The molecule has 1 fully saturated rings. The van der Waals surface area contributed by atoms with Gasteiger partial charge in [0.2, 0.25) is 0 Å². The number of hydrogen-bond donors (Lipinski definition) is 1. The Labute approximate surface area is 197 Å². The van der Waals surface area contributed by atoms with Gasteiger partial charge in [0.05, 0.1) is 17.9 Å². The van der Waals surface area contributed by atoms with Crippen molar-refractivity contribution in [1.29, 1.82) is 0 Å². The van der Waals surface area contributed by atoms with Crippen molar-refractivity contribution in [3.05, 3.63) is 89.3 Å². The fourth-order valence-electron chi connectivity index (χ4n) is 4.49. The molecule has 0 bridgehead atoms. The van der Waals surface area contributed by atoms with E-state index in [1.165, 1.54) is 4.90 Å². The summed E-state index contributed by atoms with van der Waals surface area (Å²) in [4.78, 5) is 34.3. The summed E-state index contributed by atoms with van der Waals surface area (Å²) in [7, 11) is 3.86. The molecular weight excluding hydrogens is 430 g/mol. The van der Waals surface area contributed by atoms with E-state index in [1.807, 2.05) is 37.2 Å². The van der Waals surface area contributed by atoms with Gasteiger partial charge in [-0.1, -0.05) is 6.07 Å². The standard InChI is InChI=1S/C27H25N3O4/c1-29(2)19-9-11-20(12-10-19)30-24(21-7-3-4-14-28-21)23(26(32)27(30)33)25(31)18-8-13-22-17(16-18)6-5-15-34-22/h3-4,7-14,16,24,31H,5-6,15H2,1-2H3/b25-23-. The average Bonchev–Trinajstić information content (AvgIpc) is 3.14. The summed E-state index contributed by atoms with van der Waals surface area (Å²) in [6.45, 7) is 0.662. The second-order valence-electron chi connectivity index (χ2n) is 8.61. The van der Waals surface area contributed by atoms with Crippen LogP contribution in [-0.4, -0.2) is 42.5 Å². The summed E-state index contributed by atoms with van der Waals surface area (Å²) in [6.07, 6.45) is 3.33. The molecule has 3 heterocycles. The number of pyridine rings is 1. The van der Waals surface area contributed by atoms with Crippen molar-refractivity contribution in [3.63, 3.8) is 0 Å². The van der Waals surface area contributed by atoms with Gasteiger partial charge in [-0.05, 0) is 73.0 Å². The second-order valence-corrected chi connectivity index (χ2v) is 8.61. The first kappa shape index (κ1) is 21.7. The van der Waals surface area contributed by atoms with E-state index in [2.05, 4.69) is 4.98 Å². The number of aliphatic hydroxyl groups excluding tert-OH is 1. The average molecular weight is 456 g/mol. The fourth-order valence-corrected chi connectivity index (χ4v) is 4.49. The van der Waals surface area contributed by atoms with Crippen molar-refractivity contribution in [3.8, 4) is 5.75 Å². The number of nitrogens with zero attached hydrogens (tertiary/aromatic N) is 3. The zero-order valence-electron chi connectivity index (χ0n) is 19.1. The number of ketones is 1. The van der Waals surface area contributed by atoms with Crippen LogP contribution in [0.1, 0.15) is 29.3 Å². The predicted molar refractivity (Wildman–Crippen MR) is 130 cm³/mol. The van der Waals surface area contributed by atoms with Gasteiger partial charge in [-0.2, -0.15) is 0 Å². The molecule has 1 N–H and O–H groups in total. The maximum Gasteiger partial charge on any atom is 0.300 e. The molecule has 2 aliphatic heterocycles. The van der Waals surface area contributed by atoms with Crippen LogP contribution in [0, 0.1) is 0 Å². The number of aryl methyl sites for hydroxylation is 1. The third kappa shape index (κ3) is 3.69. The molecule has 1 amide bonds. The Morgan fingerprint density at radius 1 is 1.09 bits per heavy atom. The third-order valence-corrected chi connectivity index (χ3v) is 6.24. The number of anilines is 2. The Balaban J connectivity index is 1.65. The summed E-state index contributed by atoms with van der Waals surface area (Å²) < 4.78 is 5.67. The number of amides is 1. The molecule has 34 heavy (non-hydrogen) atoms. The monoisotopic (exact) mass is 455 g/mol. The van der Waals surface area contributed by atoms with E-state index >= 15 is 0 Å². The van der Waals surface area contributed by atoms with E-state index in [0.29, 0.717) is 23.6 Å². The Bertz CT molecular complexity index is 1280. The van der Waals surface area contributed by atoms with E-state index in [9.17, 15) is 14.7 Å². The van der Waals surface area contributed by atoms with Crippen molar-refractivity contribution in [2.45, 2.75) is 18.9 Å². The molecule has 7 nitrogen and oxygen atoms in total. The van der Waals surface area contributed by atoms with Crippen molar-refractivity contribution < 1.29 is 19.4 Å². The minimum absolute atomic E-state index is 0.0251. The number of hydrogen-bond acceptors (Lipinski definition) is 6. The second kappa shape index (κ2) is 8.67. The number of Topliss-reactive ketones (excluding diaryl/α,β-unsaturated/α-hetero) is 1. The molecular formula is C27H25N3O4. The van der Waals surface area contributed by atoms with Crippen molar-refractivity contribution in [1.82, 2.24) is 4.98 Å². The number of carbonyl (C=O) groups excluding carboxylic acids is 2. The molecule has 3 aromatic rings. The van der Waals surface area contributed by atoms with E-state index in [4.69, 9.17) is 4.74 Å². The van der Waals surface area contributed by atoms with Crippen LogP contribution in [0.5, 0.6) is 5.75 Å². The predicted octanol–water partition coefficient (Wildman–Crippen LogP) is 4.10. The van der Waals surface area contributed by atoms with E-state index in [1.54, 1.807) is 48.7 Å². The number of rotatable bonds is 4. The quantitative estimate of drug-likeness (QED) is 0.362. The number of fused-ring (bicyclic) bond motifs is 1. The lowest BCUT2D eigenvalue weighted by Crippen LogP contribution is -2.29. The first-order valence-corrected chi connectivity index (χ1v) is 11.2. The Morgan fingerprint density at radius 2 is 1.88 bits per heavy atom. The largest absolute Gasteiger partial charge is 0.507 e. The summed E-state index contributed by atoms with van der Waals surface area (Å²) in [6, 6.07) is 17.2. The highest BCUT2D eigenvalue weighted by Crippen LogP contribution is 2.42. The van der Waals surface area contributed by atoms with Gasteiger partial charge in [0, 0.05) is 37.2 Å². The minimum Gasteiger partial charge on any atom is -0.507 e. The summed E-state index contributed by atoms with van der Waals surface area (Å²) in [5.74, 6) is -0.866. The first-order chi connectivity index (χ1) is 16.5. The Kier molecular flexibility index (Phi) is 5.53. The number of ether oxygens (including phenoxy) is 1. The number of benzene rings is 2. The zero-order valence-corrected chi connectivity index (χ0v) is 19.1. The summed E-state index contributed by atoms with van der Waals surface area (Å²) in [5, 5.41) is 11.3. The Hall–Kier alpha value is -4.13. The minimum atomic E-state index is -0.848. The maximum atomic E-state index is 13.3. The number of carbonyl (C=O) groups is 2. The molecule has 1 saturated heterocycles. The van der Waals surface area contributed by atoms with Crippen molar-refractivity contribution in [2.24, 2.45) is 0 Å². The molecule has 5 rings (SSSR count). The van der Waals surface area contributed by atoms with E-state index in [-0.39, 0.29) is 11.3 Å². The lowest BCUT2D eigenvalue weighted by Gasteiger charge is -2.25. The molecule has 2 aliphatic rings. The van der Waals surface area contributed by atoms with E-state index in [0.717, 1.165) is 29.8 Å². The SMILES string of the molecule is CN(C)c1ccc(N2C(=O)C(=O)/C(=C(\O)c3ccc4c(c3)CCCO4)C2c2ccccn2)cc1. The van der Waals surface area contributed by atoms with Gasteiger partial charge in [-0.3, -0.25) is 19.5 Å². The van der Waals surface area contributed by atoms with Gasteiger partial charge in [0.25, 0.3) is 11.7 Å². The van der Waals surface area contributed by atoms with Crippen LogP contribution in [0.4, 0.5) is 11.4 Å². The van der Waals surface area contributed by atoms with Gasteiger partial charge in [-0.15, -0.1) is 0 Å². The van der Waals surface area contributed by atoms with Crippen LogP contribution in [0.25, 0.3) is 5.76 Å². The van der Waals surface area contributed by atoms with Gasteiger partial charge in [0.1, 0.15) is 17.6 Å². The lowest BCUT2D eigenvalue weighted by molar-refractivity contribution is -0.132.